The summed E-state index contributed by atoms with van der Waals surface area (Å²) in [6.45, 7) is 6.75. The number of likely N-dealkylation sites (tertiary alicyclic amines) is 1. The van der Waals surface area contributed by atoms with E-state index in [4.69, 9.17) is 5.73 Å². The Hall–Kier alpha value is -0.610. The van der Waals surface area contributed by atoms with E-state index in [1.54, 1.807) is 0 Å². The van der Waals surface area contributed by atoms with Gasteiger partial charge in [0.2, 0.25) is 5.91 Å². The Morgan fingerprint density at radius 3 is 2.72 bits per heavy atom. The van der Waals surface area contributed by atoms with Gasteiger partial charge in [0.05, 0.1) is 6.54 Å². The van der Waals surface area contributed by atoms with Gasteiger partial charge in [0, 0.05) is 32.2 Å². The fourth-order valence-electron chi connectivity index (χ4n) is 3.33. The average molecular weight is 253 g/mol. The summed E-state index contributed by atoms with van der Waals surface area (Å²) in [6.07, 6.45) is 3.72. The Labute approximate surface area is 110 Å². The van der Waals surface area contributed by atoms with Gasteiger partial charge in [-0.05, 0) is 38.5 Å². The molecule has 0 radical (unpaired) electrons. The summed E-state index contributed by atoms with van der Waals surface area (Å²) >= 11 is 0. The number of hydrogen-bond donors (Lipinski definition) is 1. The lowest BCUT2D eigenvalue weighted by molar-refractivity contribution is -0.132. The summed E-state index contributed by atoms with van der Waals surface area (Å²) in [6, 6.07) is 0.635. The maximum absolute atomic E-state index is 12.1. The molecule has 1 saturated carbocycles. The summed E-state index contributed by atoms with van der Waals surface area (Å²) in [5.74, 6) is 1.58. The van der Waals surface area contributed by atoms with Crippen molar-refractivity contribution in [2.45, 2.75) is 45.2 Å². The van der Waals surface area contributed by atoms with Gasteiger partial charge in [-0.3, -0.25) is 9.69 Å². The minimum Gasteiger partial charge on any atom is -0.342 e. The van der Waals surface area contributed by atoms with Crippen molar-refractivity contribution in [3.05, 3.63) is 0 Å². The fraction of sp³-hybridized carbons (Fsp3) is 0.929. The van der Waals surface area contributed by atoms with E-state index in [-0.39, 0.29) is 11.9 Å². The Bertz CT molecular complexity index is 305. The second-order valence-corrected chi connectivity index (χ2v) is 6.31. The number of carbonyl (C=O) groups excluding carboxylic acids is 1. The number of nitrogens with zero attached hydrogens (tertiary/aromatic N) is 2. The molecule has 0 bridgehead atoms. The molecule has 0 aromatic heterocycles. The molecule has 1 saturated heterocycles. The molecule has 3 unspecified atom stereocenters. The van der Waals surface area contributed by atoms with E-state index in [9.17, 15) is 4.79 Å². The Balaban J connectivity index is 1.87. The Morgan fingerprint density at radius 2 is 2.11 bits per heavy atom. The zero-order valence-electron chi connectivity index (χ0n) is 11.9. The van der Waals surface area contributed by atoms with Gasteiger partial charge in [0.15, 0.2) is 0 Å². The number of hydrogen-bond acceptors (Lipinski definition) is 3. The zero-order valence-corrected chi connectivity index (χ0v) is 11.9. The first kappa shape index (κ1) is 13.8. The molecule has 2 rings (SSSR count). The van der Waals surface area contributed by atoms with E-state index in [1.165, 1.54) is 12.8 Å². The van der Waals surface area contributed by atoms with Crippen LogP contribution in [0.1, 0.15) is 33.1 Å². The van der Waals surface area contributed by atoms with Crippen LogP contribution in [0.4, 0.5) is 0 Å². The van der Waals surface area contributed by atoms with Gasteiger partial charge < -0.3 is 10.6 Å². The second-order valence-electron chi connectivity index (χ2n) is 6.31. The maximum atomic E-state index is 12.1. The Kier molecular flexibility index (Phi) is 4.28. The molecule has 1 heterocycles. The van der Waals surface area contributed by atoms with Crippen LogP contribution in [-0.4, -0.2) is 54.5 Å². The van der Waals surface area contributed by atoms with Gasteiger partial charge in [-0.2, -0.15) is 0 Å². The van der Waals surface area contributed by atoms with Crippen molar-refractivity contribution in [1.82, 2.24) is 9.80 Å². The van der Waals surface area contributed by atoms with Gasteiger partial charge in [0.25, 0.3) is 0 Å². The first-order valence-electron chi connectivity index (χ1n) is 7.22. The summed E-state index contributed by atoms with van der Waals surface area (Å²) in [7, 11) is 1.89. The van der Waals surface area contributed by atoms with Gasteiger partial charge in [-0.25, -0.2) is 0 Å². The van der Waals surface area contributed by atoms with Gasteiger partial charge in [-0.1, -0.05) is 6.42 Å². The smallest absolute Gasteiger partial charge is 0.236 e. The SMILES string of the molecule is CC(C)N(C)C(=O)CN1CC2CCCC(N)C2C1. The van der Waals surface area contributed by atoms with Crippen LogP contribution in [0, 0.1) is 11.8 Å². The first-order valence-corrected chi connectivity index (χ1v) is 7.22. The van der Waals surface area contributed by atoms with Gasteiger partial charge in [-0.15, -0.1) is 0 Å². The van der Waals surface area contributed by atoms with Gasteiger partial charge >= 0.3 is 0 Å². The highest BCUT2D eigenvalue weighted by Crippen LogP contribution is 2.35. The molecule has 18 heavy (non-hydrogen) atoms. The lowest BCUT2D eigenvalue weighted by atomic mass is 9.78. The molecule has 0 aromatic carbocycles. The number of fused-ring (bicyclic) bond motifs is 1. The minimum absolute atomic E-state index is 0.234. The number of carbonyl (C=O) groups is 1. The third kappa shape index (κ3) is 2.86. The monoisotopic (exact) mass is 253 g/mol. The summed E-state index contributed by atoms with van der Waals surface area (Å²) in [5, 5.41) is 0. The predicted molar refractivity (Wildman–Crippen MR) is 73.2 cm³/mol. The summed E-state index contributed by atoms with van der Waals surface area (Å²) < 4.78 is 0. The van der Waals surface area contributed by atoms with Crippen LogP contribution < -0.4 is 5.73 Å². The molecule has 1 aliphatic heterocycles. The molecule has 2 N–H and O–H groups in total. The molecule has 4 nitrogen and oxygen atoms in total. The largest absolute Gasteiger partial charge is 0.342 e. The maximum Gasteiger partial charge on any atom is 0.236 e. The normalized spacial score (nSPS) is 32.6. The van der Waals surface area contributed by atoms with Crippen molar-refractivity contribution < 1.29 is 4.79 Å². The third-order valence-corrected chi connectivity index (χ3v) is 4.76. The number of likely N-dealkylation sites (N-methyl/N-ethyl adjacent to an activating group) is 1. The molecule has 1 amide bonds. The standard InChI is InChI=1S/C14H27N3O/c1-10(2)16(3)14(18)9-17-7-11-5-4-6-13(15)12(11)8-17/h10-13H,4-9,15H2,1-3H3. The fourth-order valence-corrected chi connectivity index (χ4v) is 3.33. The van der Waals surface area contributed by atoms with Crippen LogP contribution in [0.3, 0.4) is 0 Å². The highest BCUT2D eigenvalue weighted by molar-refractivity contribution is 5.78. The average Bonchev–Trinajstić information content (AvgIpc) is 2.71. The molecule has 0 aromatic rings. The number of rotatable bonds is 3. The van der Waals surface area contributed by atoms with E-state index in [2.05, 4.69) is 18.7 Å². The predicted octanol–water partition coefficient (Wildman–Crippen LogP) is 0.912. The zero-order chi connectivity index (χ0) is 13.3. The Morgan fingerprint density at radius 1 is 1.39 bits per heavy atom. The molecule has 2 fully saturated rings. The summed E-state index contributed by atoms with van der Waals surface area (Å²) in [5.41, 5.74) is 6.20. The molecular formula is C14H27N3O. The molecule has 1 aliphatic carbocycles. The molecule has 4 heteroatoms. The van der Waals surface area contributed by atoms with Crippen molar-refractivity contribution >= 4 is 5.91 Å². The van der Waals surface area contributed by atoms with Crippen LogP contribution in [-0.2, 0) is 4.79 Å². The number of nitrogens with two attached hydrogens (primary N) is 1. The van der Waals surface area contributed by atoms with E-state index >= 15 is 0 Å². The molecular weight excluding hydrogens is 226 g/mol. The topological polar surface area (TPSA) is 49.6 Å². The highest BCUT2D eigenvalue weighted by atomic mass is 16.2. The molecule has 104 valence electrons. The van der Waals surface area contributed by atoms with Crippen LogP contribution in [0.5, 0.6) is 0 Å². The summed E-state index contributed by atoms with van der Waals surface area (Å²) in [4.78, 5) is 16.2. The third-order valence-electron chi connectivity index (χ3n) is 4.76. The lowest BCUT2D eigenvalue weighted by Crippen LogP contribution is -2.41. The van der Waals surface area contributed by atoms with Crippen LogP contribution in [0.25, 0.3) is 0 Å². The first-order chi connectivity index (χ1) is 8.49. The van der Waals surface area contributed by atoms with Crippen LogP contribution in [0.15, 0.2) is 0 Å². The van der Waals surface area contributed by atoms with Crippen molar-refractivity contribution in [2.24, 2.45) is 17.6 Å². The minimum atomic E-state index is 0.234. The molecule has 2 aliphatic rings. The number of amides is 1. The quantitative estimate of drug-likeness (QED) is 0.813. The van der Waals surface area contributed by atoms with E-state index < -0.39 is 0 Å². The van der Waals surface area contributed by atoms with Crippen molar-refractivity contribution in [3.8, 4) is 0 Å². The van der Waals surface area contributed by atoms with Crippen LogP contribution >= 0.6 is 0 Å². The van der Waals surface area contributed by atoms with Crippen molar-refractivity contribution in [3.63, 3.8) is 0 Å². The van der Waals surface area contributed by atoms with Crippen LogP contribution in [0.2, 0.25) is 0 Å². The van der Waals surface area contributed by atoms with E-state index in [0.29, 0.717) is 18.5 Å². The highest BCUT2D eigenvalue weighted by Gasteiger charge is 2.39. The van der Waals surface area contributed by atoms with Crippen molar-refractivity contribution in [1.29, 1.82) is 0 Å². The van der Waals surface area contributed by atoms with E-state index in [0.717, 1.165) is 25.4 Å². The molecule has 0 spiro atoms. The second kappa shape index (κ2) is 5.57. The molecule has 3 atom stereocenters. The van der Waals surface area contributed by atoms with Gasteiger partial charge in [0.1, 0.15) is 0 Å². The van der Waals surface area contributed by atoms with E-state index in [1.807, 2.05) is 11.9 Å². The lowest BCUT2D eigenvalue weighted by Gasteiger charge is -2.29. The van der Waals surface area contributed by atoms with Crippen molar-refractivity contribution in [2.75, 3.05) is 26.7 Å².